The molecule has 2 aromatic rings. The summed E-state index contributed by atoms with van der Waals surface area (Å²) >= 11 is 3.38. The van der Waals surface area contributed by atoms with E-state index in [1.807, 2.05) is 24.3 Å². The van der Waals surface area contributed by atoms with Crippen molar-refractivity contribution < 1.29 is 14.3 Å². The first-order chi connectivity index (χ1) is 9.22. The minimum Gasteiger partial charge on any atom is -0.454 e. The molecule has 96 valence electrons. The highest BCUT2D eigenvalue weighted by molar-refractivity contribution is 9.10. The lowest BCUT2D eigenvalue weighted by Gasteiger charge is -2.03. The fraction of sp³-hybridized carbons (Fsp3) is 0.133. The second kappa shape index (κ2) is 5.05. The Morgan fingerprint density at radius 2 is 1.79 bits per heavy atom. The molecule has 0 fully saturated rings. The van der Waals surface area contributed by atoms with Crippen molar-refractivity contribution in [2.45, 2.75) is 6.42 Å². The molecule has 3 nitrogen and oxygen atoms in total. The van der Waals surface area contributed by atoms with Crippen LogP contribution in [0.1, 0.15) is 15.9 Å². The van der Waals surface area contributed by atoms with E-state index in [1.165, 1.54) is 0 Å². The van der Waals surface area contributed by atoms with Gasteiger partial charge in [0.1, 0.15) is 0 Å². The van der Waals surface area contributed by atoms with E-state index in [-0.39, 0.29) is 12.6 Å². The van der Waals surface area contributed by atoms with Gasteiger partial charge in [0.05, 0.1) is 0 Å². The molecule has 0 amide bonds. The highest BCUT2D eigenvalue weighted by Crippen LogP contribution is 2.32. The third kappa shape index (κ3) is 2.63. The lowest BCUT2D eigenvalue weighted by Crippen LogP contribution is -2.03. The summed E-state index contributed by atoms with van der Waals surface area (Å²) in [5.74, 6) is 1.41. The van der Waals surface area contributed by atoms with Gasteiger partial charge in [0, 0.05) is 16.5 Å². The maximum Gasteiger partial charge on any atom is 0.231 e. The monoisotopic (exact) mass is 318 g/mol. The fourth-order valence-corrected chi connectivity index (χ4v) is 2.22. The molecule has 0 unspecified atom stereocenters. The number of hydrogen-bond acceptors (Lipinski definition) is 3. The molecule has 1 aliphatic rings. The standard InChI is InChI=1S/C15H11BrO3/c16-12-4-1-10(2-5-12)7-13(17)11-3-6-14-15(8-11)19-9-18-14/h1-6,8H,7,9H2. The first-order valence-electron chi connectivity index (χ1n) is 5.90. The minimum absolute atomic E-state index is 0.0700. The quantitative estimate of drug-likeness (QED) is 0.811. The SMILES string of the molecule is O=C(Cc1ccc(Br)cc1)c1ccc2c(c1)OCO2. The van der Waals surface area contributed by atoms with Crippen molar-refractivity contribution in [2.24, 2.45) is 0 Å². The predicted octanol–water partition coefficient (Wildman–Crippen LogP) is 3.60. The number of fused-ring (bicyclic) bond motifs is 1. The first kappa shape index (κ1) is 12.2. The zero-order valence-corrected chi connectivity index (χ0v) is 11.6. The average molecular weight is 319 g/mol. The third-order valence-corrected chi connectivity index (χ3v) is 3.50. The van der Waals surface area contributed by atoms with Gasteiger partial charge in [-0.05, 0) is 35.9 Å². The molecular formula is C15H11BrO3. The van der Waals surface area contributed by atoms with E-state index in [9.17, 15) is 4.79 Å². The lowest BCUT2D eigenvalue weighted by molar-refractivity contribution is 0.0992. The number of rotatable bonds is 3. The van der Waals surface area contributed by atoms with Crippen molar-refractivity contribution in [1.82, 2.24) is 0 Å². The summed E-state index contributed by atoms with van der Waals surface area (Å²) < 4.78 is 11.5. The van der Waals surface area contributed by atoms with E-state index in [0.29, 0.717) is 23.5 Å². The van der Waals surface area contributed by atoms with E-state index in [0.717, 1.165) is 10.0 Å². The molecule has 0 aliphatic carbocycles. The molecule has 0 bridgehead atoms. The van der Waals surface area contributed by atoms with Gasteiger partial charge in [-0.15, -0.1) is 0 Å². The summed E-state index contributed by atoms with van der Waals surface area (Å²) in [5, 5.41) is 0. The Morgan fingerprint density at radius 3 is 2.58 bits per heavy atom. The molecule has 0 spiro atoms. The summed E-state index contributed by atoms with van der Waals surface area (Å²) in [6, 6.07) is 13.0. The Bertz CT molecular complexity index is 620. The zero-order valence-electron chi connectivity index (χ0n) is 10.1. The largest absolute Gasteiger partial charge is 0.454 e. The highest BCUT2D eigenvalue weighted by atomic mass is 79.9. The van der Waals surface area contributed by atoms with E-state index in [2.05, 4.69) is 15.9 Å². The van der Waals surface area contributed by atoms with Crippen molar-refractivity contribution in [2.75, 3.05) is 6.79 Å². The molecule has 2 aromatic carbocycles. The molecule has 1 heterocycles. The Labute approximate surface area is 119 Å². The van der Waals surface area contributed by atoms with Crippen LogP contribution in [0.4, 0.5) is 0 Å². The number of halogens is 1. The van der Waals surface area contributed by atoms with Gasteiger partial charge in [-0.2, -0.15) is 0 Å². The Morgan fingerprint density at radius 1 is 1.05 bits per heavy atom. The van der Waals surface area contributed by atoms with Crippen molar-refractivity contribution in [3.63, 3.8) is 0 Å². The van der Waals surface area contributed by atoms with Gasteiger partial charge >= 0.3 is 0 Å². The van der Waals surface area contributed by atoms with Crippen LogP contribution in [0.25, 0.3) is 0 Å². The van der Waals surface area contributed by atoms with Crippen LogP contribution >= 0.6 is 15.9 Å². The van der Waals surface area contributed by atoms with E-state index in [1.54, 1.807) is 18.2 Å². The molecule has 4 heteroatoms. The Hall–Kier alpha value is -1.81. The van der Waals surface area contributed by atoms with Gasteiger partial charge in [-0.25, -0.2) is 0 Å². The smallest absolute Gasteiger partial charge is 0.231 e. The number of ether oxygens (including phenoxy) is 2. The molecule has 0 saturated heterocycles. The second-order valence-electron chi connectivity index (χ2n) is 4.29. The molecule has 0 saturated carbocycles. The van der Waals surface area contributed by atoms with Crippen LogP contribution in [0.15, 0.2) is 46.9 Å². The zero-order chi connectivity index (χ0) is 13.2. The average Bonchev–Trinajstić information content (AvgIpc) is 2.88. The summed E-state index contributed by atoms with van der Waals surface area (Å²) in [6.07, 6.45) is 0.382. The molecule has 1 aliphatic heterocycles. The van der Waals surface area contributed by atoms with Crippen LogP contribution in [0.3, 0.4) is 0 Å². The Balaban J connectivity index is 1.78. The summed E-state index contributed by atoms with van der Waals surface area (Å²) in [4.78, 5) is 12.2. The normalized spacial score (nSPS) is 12.5. The van der Waals surface area contributed by atoms with Crippen molar-refractivity contribution in [1.29, 1.82) is 0 Å². The number of Topliss-reactive ketones (excluding diaryl/α,β-unsaturated/α-hetero) is 1. The number of hydrogen-bond donors (Lipinski definition) is 0. The fourth-order valence-electron chi connectivity index (χ4n) is 1.96. The van der Waals surface area contributed by atoms with Crippen molar-refractivity contribution >= 4 is 21.7 Å². The molecule has 0 aromatic heterocycles. The van der Waals surface area contributed by atoms with Crippen LogP contribution in [-0.4, -0.2) is 12.6 Å². The molecule has 3 rings (SSSR count). The van der Waals surface area contributed by atoms with Gasteiger partial charge < -0.3 is 9.47 Å². The molecule has 0 radical (unpaired) electrons. The topological polar surface area (TPSA) is 35.5 Å². The van der Waals surface area contributed by atoms with Gasteiger partial charge in [-0.1, -0.05) is 28.1 Å². The van der Waals surface area contributed by atoms with Crippen molar-refractivity contribution in [3.05, 3.63) is 58.1 Å². The van der Waals surface area contributed by atoms with E-state index in [4.69, 9.17) is 9.47 Å². The maximum atomic E-state index is 12.2. The summed E-state index contributed by atoms with van der Waals surface area (Å²) in [5.41, 5.74) is 1.64. The van der Waals surface area contributed by atoms with Gasteiger partial charge in [0.15, 0.2) is 17.3 Å². The van der Waals surface area contributed by atoms with Gasteiger partial charge in [0.25, 0.3) is 0 Å². The van der Waals surface area contributed by atoms with Crippen molar-refractivity contribution in [3.8, 4) is 11.5 Å². The third-order valence-electron chi connectivity index (χ3n) is 2.97. The second-order valence-corrected chi connectivity index (χ2v) is 5.21. The van der Waals surface area contributed by atoms with E-state index < -0.39 is 0 Å². The van der Waals surface area contributed by atoms with E-state index >= 15 is 0 Å². The van der Waals surface area contributed by atoms with Crippen LogP contribution < -0.4 is 9.47 Å². The summed E-state index contributed by atoms with van der Waals surface area (Å²) in [6.45, 7) is 0.222. The minimum atomic E-state index is 0.0700. The van der Waals surface area contributed by atoms with Crippen LogP contribution in [0, 0.1) is 0 Å². The maximum absolute atomic E-state index is 12.2. The number of carbonyl (C=O) groups is 1. The van der Waals surface area contributed by atoms with Gasteiger partial charge in [0.2, 0.25) is 6.79 Å². The highest BCUT2D eigenvalue weighted by Gasteiger charge is 2.16. The van der Waals surface area contributed by atoms with Crippen LogP contribution in [0.2, 0.25) is 0 Å². The summed E-state index contributed by atoms with van der Waals surface area (Å²) in [7, 11) is 0. The van der Waals surface area contributed by atoms with Crippen LogP contribution in [-0.2, 0) is 6.42 Å². The lowest BCUT2D eigenvalue weighted by atomic mass is 10.0. The van der Waals surface area contributed by atoms with Crippen LogP contribution in [0.5, 0.6) is 11.5 Å². The molecule has 0 N–H and O–H groups in total. The van der Waals surface area contributed by atoms with Gasteiger partial charge in [-0.3, -0.25) is 4.79 Å². The first-order valence-corrected chi connectivity index (χ1v) is 6.69. The molecular weight excluding hydrogens is 308 g/mol. The Kier molecular flexibility index (Phi) is 3.25. The predicted molar refractivity (Wildman–Crippen MR) is 74.7 cm³/mol. The molecule has 19 heavy (non-hydrogen) atoms. The molecule has 0 atom stereocenters. The number of benzene rings is 2. The number of ketones is 1. The number of carbonyl (C=O) groups excluding carboxylic acids is 1.